The lowest BCUT2D eigenvalue weighted by atomic mass is 9.66. The number of aliphatic hydroxyl groups excluding tert-OH is 5. The SMILES string of the molecule is COc1cc([C@@H]2c3cc4c(cc3[C@@H](O[C@@H]3O[C@@H]5CO[C@@H](C)O[C@H]5[C@H](O)[C@H]3O)[C@H]3COC(=O)[C@H]23)OCO4)cc(OC)c1O.COc1cc([C@@H]2c3cc4c(cc3[C@@H](O[C@@H]3O[C@@H]5CO[C@@H](C)O[C@H]5[C@H](O)[C@H]3O)[C@H]3COC(=O)[C@H]23)OCO4)cc(OC)c1OP(=O)(O)O.O=C(Cn1ccnc1[N+](=O)[O-])NCCO. The zero-order valence-electron chi connectivity index (χ0n) is 55.8. The number of phosphoric acid groups is 1. The third-order valence-electron chi connectivity index (χ3n) is 19.3. The molecule has 20 atom stereocenters. The van der Waals surface area contributed by atoms with E-state index in [2.05, 4.69) is 10.3 Å². The molecular weight excluding hydrogens is 1400 g/mol. The monoisotopic (exact) mass is 1470 g/mol. The number of aromatic nitrogens is 2. The van der Waals surface area contributed by atoms with Crippen molar-refractivity contribution in [2.24, 2.45) is 23.7 Å². The predicted octanol–water partition coefficient (Wildman–Crippen LogP) is 1.34. The third kappa shape index (κ3) is 14.2. The first-order valence-electron chi connectivity index (χ1n) is 32.5. The number of nitrogens with one attached hydrogen (secondary N) is 1. The summed E-state index contributed by atoms with van der Waals surface area (Å²) < 4.78 is 121. The van der Waals surface area contributed by atoms with E-state index in [4.69, 9.17) is 94.9 Å². The number of cyclic esters (lactones) is 2. The number of carbonyl (C=O) groups excluding carboxylic acids is 3. The number of methoxy groups -OCH3 is 4. The summed E-state index contributed by atoms with van der Waals surface area (Å²) in [6.07, 6.45) is -11.4. The molecule has 103 heavy (non-hydrogen) atoms. The van der Waals surface area contributed by atoms with Crippen LogP contribution in [-0.2, 0) is 72.9 Å². The molecule has 1 amide bonds. The minimum Gasteiger partial charge on any atom is -0.502 e. The summed E-state index contributed by atoms with van der Waals surface area (Å²) in [5.41, 5.74) is 3.67. The Hall–Kier alpha value is -8.47. The average Bonchev–Trinajstić information content (AvgIpc) is 1.69. The number of hydrogen-bond acceptors (Lipinski definition) is 32. The number of nitrogens with zero attached hydrogens (tertiary/aromatic N) is 3. The predicted molar refractivity (Wildman–Crippen MR) is 337 cm³/mol. The molecule has 0 saturated carbocycles. The van der Waals surface area contributed by atoms with E-state index in [0.29, 0.717) is 56.4 Å². The van der Waals surface area contributed by atoms with Gasteiger partial charge in [-0.15, -0.1) is 0 Å². The number of fused-ring (bicyclic) bond motifs is 8. The molecule has 558 valence electrons. The first-order chi connectivity index (χ1) is 49.4. The van der Waals surface area contributed by atoms with Crippen molar-refractivity contribution in [3.05, 3.63) is 104 Å². The molecule has 9 N–H and O–H groups in total. The number of rotatable bonds is 17. The van der Waals surface area contributed by atoms with E-state index >= 15 is 0 Å². The highest BCUT2D eigenvalue weighted by molar-refractivity contribution is 7.46. The molecule has 10 aliphatic rings. The molecule has 37 nitrogen and oxygen atoms in total. The van der Waals surface area contributed by atoms with Crippen molar-refractivity contribution in [2.75, 3.05) is 81.6 Å². The Labute approximate surface area is 584 Å². The zero-order chi connectivity index (χ0) is 73.0. The number of phenolic OH excluding ortho intramolecular Hbond substituents is 1. The van der Waals surface area contributed by atoms with Crippen molar-refractivity contribution in [3.8, 4) is 57.5 Å². The Balaban J connectivity index is 0.000000154. The van der Waals surface area contributed by atoms with Gasteiger partial charge >= 0.3 is 25.7 Å². The van der Waals surface area contributed by atoms with Crippen LogP contribution in [0, 0.1) is 33.8 Å². The Morgan fingerprint density at radius 2 is 1.06 bits per heavy atom. The summed E-state index contributed by atoms with van der Waals surface area (Å²) in [5, 5.41) is 75.8. The smallest absolute Gasteiger partial charge is 0.502 e. The van der Waals surface area contributed by atoms with Gasteiger partial charge in [-0.3, -0.25) is 24.2 Å². The molecule has 0 unspecified atom stereocenters. The van der Waals surface area contributed by atoms with Crippen LogP contribution in [-0.4, -0.2) is 228 Å². The maximum atomic E-state index is 13.5. The molecule has 4 aromatic carbocycles. The number of aromatic hydroxyl groups is 1. The van der Waals surface area contributed by atoms with Crippen molar-refractivity contribution in [3.63, 3.8) is 0 Å². The van der Waals surface area contributed by atoms with Crippen LogP contribution in [0.5, 0.6) is 57.5 Å². The molecule has 8 aliphatic heterocycles. The third-order valence-corrected chi connectivity index (χ3v) is 19.7. The minimum absolute atomic E-state index is 0.0301. The summed E-state index contributed by atoms with van der Waals surface area (Å²) in [6, 6.07) is 13.4. The number of nitro groups is 1. The first-order valence-corrected chi connectivity index (χ1v) is 34.0. The molecule has 0 radical (unpaired) electrons. The molecule has 1 aromatic heterocycles. The summed E-state index contributed by atoms with van der Waals surface area (Å²) in [4.78, 5) is 70.3. The summed E-state index contributed by atoms with van der Waals surface area (Å²) in [6.45, 7) is 3.42. The van der Waals surface area contributed by atoms with Crippen LogP contribution in [0.1, 0.15) is 71.3 Å². The maximum absolute atomic E-state index is 13.5. The fourth-order valence-corrected chi connectivity index (χ4v) is 15.1. The quantitative estimate of drug-likeness (QED) is 0.0274. The van der Waals surface area contributed by atoms with Gasteiger partial charge in [-0.05, 0) is 101 Å². The molecule has 5 aromatic rings. The second-order valence-electron chi connectivity index (χ2n) is 25.2. The van der Waals surface area contributed by atoms with E-state index in [1.807, 2.05) is 0 Å². The van der Waals surface area contributed by atoms with Gasteiger partial charge in [-0.2, -0.15) is 0 Å². The number of hydrogen-bond donors (Lipinski definition) is 9. The molecule has 15 rings (SSSR count). The average molecular weight is 1470 g/mol. The van der Waals surface area contributed by atoms with E-state index in [0.717, 1.165) is 4.57 Å². The van der Waals surface area contributed by atoms with E-state index in [1.54, 1.807) is 50.2 Å². The fraction of sp³-hybridized carbons (Fsp3) is 0.538. The van der Waals surface area contributed by atoms with Crippen LogP contribution >= 0.6 is 7.82 Å². The maximum Gasteiger partial charge on any atom is 0.525 e. The van der Waals surface area contributed by atoms with Crippen molar-refractivity contribution >= 4 is 31.6 Å². The van der Waals surface area contributed by atoms with E-state index < -0.39 is 152 Å². The lowest BCUT2D eigenvalue weighted by Gasteiger charge is -2.47. The number of imidazole rings is 1. The first kappa shape index (κ1) is 72.9. The molecule has 38 heteroatoms. The van der Waals surface area contributed by atoms with Crippen molar-refractivity contribution in [2.45, 2.75) is 118 Å². The molecule has 9 heterocycles. The van der Waals surface area contributed by atoms with Crippen LogP contribution in [0.3, 0.4) is 0 Å². The number of benzene rings is 4. The number of ether oxygens (including phenoxy) is 18. The van der Waals surface area contributed by atoms with E-state index in [-0.39, 0.29) is 100 Å². The molecule has 0 spiro atoms. The van der Waals surface area contributed by atoms with Gasteiger partial charge in [-0.25, -0.2) is 9.13 Å². The fourth-order valence-electron chi connectivity index (χ4n) is 14.7. The minimum atomic E-state index is -5.00. The lowest BCUT2D eigenvalue weighted by molar-refractivity contribution is -0.396. The van der Waals surface area contributed by atoms with Gasteiger partial charge in [0.05, 0.1) is 85.5 Å². The van der Waals surface area contributed by atoms with Gasteiger partial charge in [-0.1, -0.05) is 4.98 Å². The second kappa shape index (κ2) is 29.9. The second-order valence-corrected chi connectivity index (χ2v) is 26.4. The van der Waals surface area contributed by atoms with Crippen molar-refractivity contribution in [1.29, 1.82) is 0 Å². The Bertz CT molecular complexity index is 3990. The number of carbonyl (C=O) groups is 3. The van der Waals surface area contributed by atoms with Gasteiger partial charge in [0.15, 0.2) is 77.7 Å². The Morgan fingerprint density at radius 3 is 1.47 bits per heavy atom. The standard InChI is InChI=1S/C29H33O16P.C29H32O13.C7H10N4O4/c1-11-38-9-20-27(42-11)23(30)24(31)29(43-20)44-25-14-7-17-16(40-10-41-17)6-13(14)21(22-15(25)8-39-28(22)32)12-4-18(36-2)26(19(5-12)37-3)45-46(33,34)35;1-11-36-9-20-27(40-11)24(31)25(32)29(41-20)42-26-14-7-17-16(38-10-39-17)6-13(14)21(22-15(26)8-37-28(22)33)12-4-18(34-2)23(30)19(5-12)35-3;12-4-2-8-6(13)5-10-3-1-9-7(10)11(14)15/h4-7,11,15,20-25,27,29-31H,8-10H2,1-3H3,(H2,33,34,35);4-7,11,15,20-22,24-27,29-32H,8-10H2,1-3H3;1,3,12H,2,4-5H2,(H,8,13)/t11-,15+,20-,21-,22+,23-,24-,25-,27-,29+;11-,15+,20-,21-,22+,24-,25-,26-,27-,29+;/m11./s1. The zero-order valence-corrected chi connectivity index (χ0v) is 56.7. The van der Waals surface area contributed by atoms with Crippen molar-refractivity contribution < 1.29 is 154 Å². The van der Waals surface area contributed by atoms with Crippen LogP contribution < -0.4 is 47.7 Å². The van der Waals surface area contributed by atoms with E-state index in [1.165, 1.54) is 53.0 Å². The highest BCUT2D eigenvalue weighted by atomic mass is 31.2. The molecule has 2 aliphatic carbocycles. The number of phosphoric ester groups is 1. The summed E-state index contributed by atoms with van der Waals surface area (Å²) in [5.74, 6) is -4.07. The summed E-state index contributed by atoms with van der Waals surface area (Å²) >= 11 is 0. The number of amides is 1. The molecule has 0 bridgehead atoms. The van der Waals surface area contributed by atoms with Gasteiger partial charge in [0, 0.05) is 30.2 Å². The normalized spacial score (nSPS) is 31.8. The summed E-state index contributed by atoms with van der Waals surface area (Å²) in [7, 11) is 0.455. The van der Waals surface area contributed by atoms with Gasteiger partial charge in [0.2, 0.25) is 25.1 Å². The highest BCUT2D eigenvalue weighted by Gasteiger charge is 2.59. The number of esters is 2. The van der Waals surface area contributed by atoms with Gasteiger partial charge in [0.1, 0.15) is 61.2 Å². The topological polar surface area (TPSA) is 478 Å². The van der Waals surface area contributed by atoms with Crippen LogP contribution in [0.4, 0.5) is 5.95 Å². The Kier molecular flexibility index (Phi) is 21.2. The van der Waals surface area contributed by atoms with Crippen LogP contribution in [0.15, 0.2) is 60.9 Å². The van der Waals surface area contributed by atoms with E-state index in [9.17, 15) is 64.4 Å². The Morgan fingerprint density at radius 1 is 0.631 bits per heavy atom. The lowest BCUT2D eigenvalue weighted by Crippen LogP contribution is -2.63. The number of aliphatic hydroxyl groups is 5. The van der Waals surface area contributed by atoms with Gasteiger partial charge in [0.25, 0.3) is 5.91 Å². The van der Waals surface area contributed by atoms with Gasteiger partial charge < -0.3 is 136 Å². The molecule has 6 fully saturated rings. The van der Waals surface area contributed by atoms with Crippen molar-refractivity contribution in [1.82, 2.24) is 14.9 Å². The molecular formula is C65H75N4O33P. The molecule has 6 saturated heterocycles. The van der Waals surface area contributed by atoms with Crippen LogP contribution in [0.2, 0.25) is 0 Å². The van der Waals surface area contributed by atoms with Crippen LogP contribution in [0.25, 0.3) is 0 Å². The largest absolute Gasteiger partial charge is 0.525 e. The highest BCUT2D eigenvalue weighted by Crippen LogP contribution is 2.60. The number of phenols is 1.